The molecule has 2 N–H and O–H groups in total. The largest absolute Gasteiger partial charge is 0.489 e. The van der Waals surface area contributed by atoms with Crippen LogP contribution in [0.5, 0.6) is 11.5 Å². The molecule has 1 aromatic carbocycles. The molecule has 0 saturated carbocycles. The Morgan fingerprint density at radius 3 is 2.84 bits per heavy atom. The van der Waals surface area contributed by atoms with Crippen molar-refractivity contribution in [1.29, 1.82) is 0 Å². The molecular formula is C17H25ClIN3O3. The maximum Gasteiger partial charge on any atom is 0.191 e. The second kappa shape index (κ2) is 10.3. The van der Waals surface area contributed by atoms with Crippen molar-refractivity contribution in [3.05, 3.63) is 22.7 Å². The van der Waals surface area contributed by atoms with Gasteiger partial charge in [0.2, 0.25) is 0 Å². The van der Waals surface area contributed by atoms with Crippen LogP contribution in [0.4, 0.5) is 0 Å². The van der Waals surface area contributed by atoms with E-state index in [0.717, 1.165) is 44.1 Å². The maximum absolute atomic E-state index is 6.32. The van der Waals surface area contributed by atoms with E-state index in [-0.39, 0.29) is 24.0 Å². The highest BCUT2D eigenvalue weighted by Crippen LogP contribution is 2.37. The van der Waals surface area contributed by atoms with E-state index >= 15 is 0 Å². The molecule has 0 aromatic heterocycles. The Kier molecular flexibility index (Phi) is 8.38. The number of guanidine groups is 1. The predicted octanol–water partition coefficient (Wildman–Crippen LogP) is 2.82. The van der Waals surface area contributed by atoms with Crippen LogP contribution in [0, 0.1) is 5.92 Å². The average molecular weight is 482 g/mol. The molecule has 0 amide bonds. The minimum Gasteiger partial charge on any atom is -0.489 e. The minimum atomic E-state index is 0. The van der Waals surface area contributed by atoms with Crippen LogP contribution in [0.1, 0.15) is 18.4 Å². The lowest BCUT2D eigenvalue weighted by atomic mass is 10.1. The van der Waals surface area contributed by atoms with Crippen LogP contribution in [0.15, 0.2) is 17.1 Å². The highest BCUT2D eigenvalue weighted by atomic mass is 127. The van der Waals surface area contributed by atoms with E-state index in [0.29, 0.717) is 42.2 Å². The van der Waals surface area contributed by atoms with Crippen molar-refractivity contribution in [2.75, 3.05) is 40.0 Å². The lowest BCUT2D eigenvalue weighted by Gasteiger charge is -2.16. The third kappa shape index (κ3) is 5.79. The van der Waals surface area contributed by atoms with Crippen LogP contribution in [-0.4, -0.2) is 46.0 Å². The SMILES string of the molecule is CN=C(NCc1cc(Cl)c2c(c1)OCCCO2)NCC1CCOC1.I. The van der Waals surface area contributed by atoms with Crippen molar-refractivity contribution in [3.63, 3.8) is 0 Å². The Balaban J connectivity index is 0.00000225. The zero-order valence-electron chi connectivity index (χ0n) is 14.3. The van der Waals surface area contributed by atoms with Gasteiger partial charge in [-0.2, -0.15) is 0 Å². The Labute approximate surface area is 170 Å². The first-order valence-corrected chi connectivity index (χ1v) is 8.74. The molecule has 0 spiro atoms. The summed E-state index contributed by atoms with van der Waals surface area (Å²) in [6, 6.07) is 3.87. The van der Waals surface area contributed by atoms with Gasteiger partial charge in [-0.15, -0.1) is 24.0 Å². The molecule has 1 saturated heterocycles. The smallest absolute Gasteiger partial charge is 0.191 e. The van der Waals surface area contributed by atoms with Gasteiger partial charge in [0.25, 0.3) is 0 Å². The first kappa shape index (κ1) is 20.4. The van der Waals surface area contributed by atoms with Crippen molar-refractivity contribution in [2.24, 2.45) is 10.9 Å². The van der Waals surface area contributed by atoms with Gasteiger partial charge < -0.3 is 24.8 Å². The van der Waals surface area contributed by atoms with E-state index in [1.54, 1.807) is 7.05 Å². The van der Waals surface area contributed by atoms with Gasteiger partial charge in [-0.1, -0.05) is 11.6 Å². The molecule has 6 nitrogen and oxygen atoms in total. The Morgan fingerprint density at radius 2 is 2.08 bits per heavy atom. The summed E-state index contributed by atoms with van der Waals surface area (Å²) in [5.41, 5.74) is 1.02. The molecular weight excluding hydrogens is 457 g/mol. The molecule has 1 atom stereocenters. The fraction of sp³-hybridized carbons (Fsp3) is 0.588. The zero-order chi connectivity index (χ0) is 16.8. The first-order valence-electron chi connectivity index (χ1n) is 8.36. The van der Waals surface area contributed by atoms with Gasteiger partial charge in [-0.05, 0) is 24.1 Å². The molecule has 1 unspecified atom stereocenters. The molecule has 3 rings (SSSR count). The van der Waals surface area contributed by atoms with Gasteiger partial charge in [0.15, 0.2) is 17.5 Å². The molecule has 0 bridgehead atoms. The van der Waals surface area contributed by atoms with Gasteiger partial charge in [0.05, 0.1) is 24.8 Å². The summed E-state index contributed by atoms with van der Waals surface area (Å²) in [6.07, 6.45) is 1.96. The molecule has 0 radical (unpaired) electrons. The van der Waals surface area contributed by atoms with Gasteiger partial charge in [-0.3, -0.25) is 4.99 Å². The number of hydrogen-bond acceptors (Lipinski definition) is 4. The topological polar surface area (TPSA) is 64.1 Å². The first-order chi connectivity index (χ1) is 11.8. The maximum atomic E-state index is 6.32. The summed E-state index contributed by atoms with van der Waals surface area (Å²) < 4.78 is 16.8. The third-order valence-electron chi connectivity index (χ3n) is 4.13. The van der Waals surface area contributed by atoms with Gasteiger partial charge in [-0.25, -0.2) is 0 Å². The monoisotopic (exact) mass is 481 g/mol. The number of fused-ring (bicyclic) bond motifs is 1. The highest BCUT2D eigenvalue weighted by Gasteiger charge is 2.17. The molecule has 1 aromatic rings. The lowest BCUT2D eigenvalue weighted by molar-refractivity contribution is 0.186. The predicted molar refractivity (Wildman–Crippen MR) is 110 cm³/mol. The molecule has 2 aliphatic rings. The number of nitrogens with zero attached hydrogens (tertiary/aromatic N) is 1. The molecule has 8 heteroatoms. The Morgan fingerprint density at radius 1 is 1.24 bits per heavy atom. The lowest BCUT2D eigenvalue weighted by Crippen LogP contribution is -2.39. The van der Waals surface area contributed by atoms with Crippen LogP contribution < -0.4 is 20.1 Å². The highest BCUT2D eigenvalue weighted by molar-refractivity contribution is 14.0. The van der Waals surface area contributed by atoms with Gasteiger partial charge >= 0.3 is 0 Å². The molecule has 0 aliphatic carbocycles. The molecule has 2 heterocycles. The fourth-order valence-electron chi connectivity index (χ4n) is 2.78. The number of ether oxygens (including phenoxy) is 3. The summed E-state index contributed by atoms with van der Waals surface area (Å²) in [4.78, 5) is 4.25. The summed E-state index contributed by atoms with van der Waals surface area (Å²) in [7, 11) is 1.77. The normalized spacial score (nSPS) is 19.8. The molecule has 1 fully saturated rings. The summed E-state index contributed by atoms with van der Waals surface area (Å²) in [5, 5.41) is 7.22. The van der Waals surface area contributed by atoms with E-state index in [1.807, 2.05) is 12.1 Å². The quantitative estimate of drug-likeness (QED) is 0.393. The summed E-state index contributed by atoms with van der Waals surface area (Å²) in [6.45, 7) is 4.42. The number of benzene rings is 1. The van der Waals surface area contributed by atoms with Crippen molar-refractivity contribution >= 4 is 41.5 Å². The van der Waals surface area contributed by atoms with Crippen molar-refractivity contribution in [2.45, 2.75) is 19.4 Å². The fourth-order valence-corrected chi connectivity index (χ4v) is 3.07. The molecule has 140 valence electrons. The van der Waals surface area contributed by atoms with Crippen molar-refractivity contribution in [3.8, 4) is 11.5 Å². The minimum absolute atomic E-state index is 0. The molecule has 2 aliphatic heterocycles. The van der Waals surface area contributed by atoms with Gasteiger partial charge in [0.1, 0.15) is 0 Å². The number of hydrogen-bond donors (Lipinski definition) is 2. The van der Waals surface area contributed by atoms with Crippen LogP contribution in [0.25, 0.3) is 0 Å². The van der Waals surface area contributed by atoms with Gasteiger partial charge in [0, 0.05) is 39.1 Å². The summed E-state index contributed by atoms with van der Waals surface area (Å²) in [5.74, 6) is 2.67. The average Bonchev–Trinajstić information content (AvgIpc) is 2.99. The van der Waals surface area contributed by atoms with Crippen molar-refractivity contribution in [1.82, 2.24) is 10.6 Å². The Hall–Kier alpha value is -0.930. The van der Waals surface area contributed by atoms with E-state index < -0.39 is 0 Å². The van der Waals surface area contributed by atoms with Crippen LogP contribution in [0.3, 0.4) is 0 Å². The zero-order valence-corrected chi connectivity index (χ0v) is 17.4. The number of aliphatic imine (C=N–C) groups is 1. The van der Waals surface area contributed by atoms with Crippen LogP contribution in [-0.2, 0) is 11.3 Å². The standard InChI is InChI=1S/C17H24ClN3O3.HI/c1-19-17(20-9-12-3-6-22-11-12)21-10-13-7-14(18)16-15(8-13)23-4-2-5-24-16;/h7-8,12H,2-6,9-11H2,1H3,(H2,19,20,21);1H. The third-order valence-corrected chi connectivity index (χ3v) is 4.41. The number of rotatable bonds is 4. The van der Waals surface area contributed by atoms with E-state index in [4.69, 9.17) is 25.8 Å². The van der Waals surface area contributed by atoms with Crippen LogP contribution in [0.2, 0.25) is 5.02 Å². The Bertz CT molecular complexity index is 595. The van der Waals surface area contributed by atoms with E-state index in [1.165, 1.54) is 0 Å². The second-order valence-electron chi connectivity index (χ2n) is 5.99. The molecule has 25 heavy (non-hydrogen) atoms. The van der Waals surface area contributed by atoms with Crippen molar-refractivity contribution < 1.29 is 14.2 Å². The number of halogens is 2. The van der Waals surface area contributed by atoms with E-state index in [9.17, 15) is 0 Å². The van der Waals surface area contributed by atoms with Crippen LogP contribution >= 0.6 is 35.6 Å². The second-order valence-corrected chi connectivity index (χ2v) is 6.40. The summed E-state index contributed by atoms with van der Waals surface area (Å²) >= 11 is 6.32. The van der Waals surface area contributed by atoms with E-state index in [2.05, 4.69) is 15.6 Å². The number of nitrogens with one attached hydrogen (secondary N) is 2.